The van der Waals surface area contributed by atoms with Crippen LogP contribution >= 0.6 is 0 Å². The quantitative estimate of drug-likeness (QED) is 0.704. The van der Waals surface area contributed by atoms with Crippen LogP contribution < -0.4 is 5.32 Å². The first-order valence-electron chi connectivity index (χ1n) is 7.84. The summed E-state index contributed by atoms with van der Waals surface area (Å²) in [6.45, 7) is 13.1. The molecule has 0 aliphatic carbocycles. The molecule has 2 atom stereocenters. The molecule has 1 fully saturated rings. The summed E-state index contributed by atoms with van der Waals surface area (Å²) in [4.78, 5) is 5.24. The zero-order chi connectivity index (χ0) is 13.4. The van der Waals surface area contributed by atoms with Gasteiger partial charge in [0.2, 0.25) is 0 Å². The van der Waals surface area contributed by atoms with Crippen molar-refractivity contribution in [3.63, 3.8) is 0 Å². The van der Waals surface area contributed by atoms with Crippen molar-refractivity contribution < 1.29 is 0 Å². The van der Waals surface area contributed by atoms with Gasteiger partial charge in [-0.15, -0.1) is 0 Å². The van der Waals surface area contributed by atoms with Gasteiger partial charge in [-0.2, -0.15) is 0 Å². The van der Waals surface area contributed by atoms with Gasteiger partial charge >= 0.3 is 0 Å². The number of hydrogen-bond acceptors (Lipinski definition) is 3. The molecule has 0 radical (unpaired) electrons. The molecule has 0 saturated carbocycles. The van der Waals surface area contributed by atoms with E-state index in [0.717, 1.165) is 19.1 Å². The molecule has 0 amide bonds. The molecule has 0 aromatic rings. The van der Waals surface area contributed by atoms with E-state index in [0.29, 0.717) is 6.04 Å². The van der Waals surface area contributed by atoms with Crippen molar-refractivity contribution in [2.24, 2.45) is 0 Å². The molecule has 1 N–H and O–H groups in total. The molecule has 1 saturated heterocycles. The van der Waals surface area contributed by atoms with Crippen LogP contribution in [-0.4, -0.2) is 61.7 Å². The summed E-state index contributed by atoms with van der Waals surface area (Å²) in [5.74, 6) is 0. The maximum absolute atomic E-state index is 3.53. The summed E-state index contributed by atoms with van der Waals surface area (Å²) in [5.41, 5.74) is 0. The number of rotatable bonds is 7. The van der Waals surface area contributed by atoms with Crippen molar-refractivity contribution in [2.45, 2.75) is 58.5 Å². The SMILES string of the molecule is CCCNCCC(C)N1CCCN(C)CC1CC. The van der Waals surface area contributed by atoms with Crippen LogP contribution in [0.1, 0.15) is 46.5 Å². The summed E-state index contributed by atoms with van der Waals surface area (Å²) >= 11 is 0. The Morgan fingerprint density at radius 2 is 2.00 bits per heavy atom. The third-order valence-corrected chi connectivity index (χ3v) is 4.15. The first-order chi connectivity index (χ1) is 8.69. The largest absolute Gasteiger partial charge is 0.317 e. The second-order valence-corrected chi connectivity index (χ2v) is 5.80. The minimum absolute atomic E-state index is 0.714. The standard InChI is InChI=1S/C15H33N3/c1-5-9-16-10-8-14(3)18-12-7-11-17(4)13-15(18)6-2/h14-16H,5-13H2,1-4H3. The molecule has 0 aromatic heterocycles. The molecule has 1 heterocycles. The molecule has 1 aliphatic heterocycles. The van der Waals surface area contributed by atoms with E-state index in [1.807, 2.05) is 0 Å². The Balaban J connectivity index is 2.39. The fraction of sp³-hybridized carbons (Fsp3) is 1.00. The Bertz CT molecular complexity index is 208. The van der Waals surface area contributed by atoms with Crippen LogP contribution in [0.5, 0.6) is 0 Å². The molecule has 0 spiro atoms. The first kappa shape index (κ1) is 15.9. The lowest BCUT2D eigenvalue weighted by Gasteiger charge is -2.35. The Hall–Kier alpha value is -0.120. The fourth-order valence-corrected chi connectivity index (χ4v) is 2.98. The molecule has 18 heavy (non-hydrogen) atoms. The van der Waals surface area contributed by atoms with Gasteiger partial charge in [-0.3, -0.25) is 4.90 Å². The van der Waals surface area contributed by atoms with Gasteiger partial charge in [0.1, 0.15) is 0 Å². The van der Waals surface area contributed by atoms with Gasteiger partial charge in [0.25, 0.3) is 0 Å². The summed E-state index contributed by atoms with van der Waals surface area (Å²) < 4.78 is 0. The van der Waals surface area contributed by atoms with E-state index < -0.39 is 0 Å². The summed E-state index contributed by atoms with van der Waals surface area (Å²) in [6, 6.07) is 1.46. The van der Waals surface area contributed by atoms with E-state index in [1.54, 1.807) is 0 Å². The van der Waals surface area contributed by atoms with Crippen LogP contribution in [-0.2, 0) is 0 Å². The molecular weight excluding hydrogens is 222 g/mol. The average Bonchev–Trinajstić information content (AvgIpc) is 2.55. The van der Waals surface area contributed by atoms with E-state index in [2.05, 4.69) is 42.9 Å². The van der Waals surface area contributed by atoms with Gasteiger partial charge < -0.3 is 10.2 Å². The highest BCUT2D eigenvalue weighted by Gasteiger charge is 2.25. The highest BCUT2D eigenvalue weighted by Crippen LogP contribution is 2.16. The monoisotopic (exact) mass is 255 g/mol. The molecular formula is C15H33N3. The van der Waals surface area contributed by atoms with Crippen molar-refractivity contribution in [1.29, 1.82) is 0 Å². The predicted molar refractivity (Wildman–Crippen MR) is 80.1 cm³/mol. The smallest absolute Gasteiger partial charge is 0.0223 e. The zero-order valence-electron chi connectivity index (χ0n) is 12.9. The average molecular weight is 255 g/mol. The van der Waals surface area contributed by atoms with E-state index in [-0.39, 0.29) is 0 Å². The molecule has 3 nitrogen and oxygen atoms in total. The van der Waals surface area contributed by atoms with Gasteiger partial charge in [-0.05, 0) is 65.8 Å². The highest BCUT2D eigenvalue weighted by atomic mass is 15.2. The molecule has 3 heteroatoms. The van der Waals surface area contributed by atoms with Gasteiger partial charge in [0, 0.05) is 18.6 Å². The summed E-state index contributed by atoms with van der Waals surface area (Å²) in [7, 11) is 2.26. The van der Waals surface area contributed by atoms with Crippen LogP contribution in [0.15, 0.2) is 0 Å². The minimum Gasteiger partial charge on any atom is -0.317 e. The molecule has 2 unspecified atom stereocenters. The second-order valence-electron chi connectivity index (χ2n) is 5.80. The van der Waals surface area contributed by atoms with Crippen molar-refractivity contribution in [1.82, 2.24) is 15.1 Å². The van der Waals surface area contributed by atoms with E-state index in [1.165, 1.54) is 45.3 Å². The molecule has 0 bridgehead atoms. The van der Waals surface area contributed by atoms with Crippen LogP contribution in [0.25, 0.3) is 0 Å². The van der Waals surface area contributed by atoms with Crippen molar-refractivity contribution in [2.75, 3.05) is 39.8 Å². The summed E-state index contributed by atoms with van der Waals surface area (Å²) in [5, 5.41) is 3.53. The molecule has 1 rings (SSSR count). The van der Waals surface area contributed by atoms with E-state index in [9.17, 15) is 0 Å². The van der Waals surface area contributed by atoms with Crippen LogP contribution in [0.2, 0.25) is 0 Å². The van der Waals surface area contributed by atoms with Crippen LogP contribution in [0, 0.1) is 0 Å². The van der Waals surface area contributed by atoms with Crippen molar-refractivity contribution in [3.05, 3.63) is 0 Å². The summed E-state index contributed by atoms with van der Waals surface area (Å²) in [6.07, 6.45) is 5.11. The lowest BCUT2D eigenvalue weighted by atomic mass is 10.1. The number of nitrogens with one attached hydrogen (secondary N) is 1. The second kappa shape index (κ2) is 8.89. The zero-order valence-corrected chi connectivity index (χ0v) is 12.9. The van der Waals surface area contributed by atoms with Gasteiger partial charge in [-0.25, -0.2) is 0 Å². The Morgan fingerprint density at radius 3 is 2.67 bits per heavy atom. The van der Waals surface area contributed by atoms with Crippen LogP contribution in [0.4, 0.5) is 0 Å². The highest BCUT2D eigenvalue weighted by molar-refractivity contribution is 4.81. The third kappa shape index (κ3) is 5.25. The van der Waals surface area contributed by atoms with Crippen LogP contribution in [0.3, 0.4) is 0 Å². The lowest BCUT2D eigenvalue weighted by molar-refractivity contribution is 0.131. The fourth-order valence-electron chi connectivity index (χ4n) is 2.98. The lowest BCUT2D eigenvalue weighted by Crippen LogP contribution is -2.45. The topological polar surface area (TPSA) is 18.5 Å². The first-order valence-corrected chi connectivity index (χ1v) is 7.84. The van der Waals surface area contributed by atoms with E-state index >= 15 is 0 Å². The maximum Gasteiger partial charge on any atom is 0.0223 e. The van der Waals surface area contributed by atoms with Crippen molar-refractivity contribution >= 4 is 0 Å². The molecule has 0 aromatic carbocycles. The maximum atomic E-state index is 3.53. The van der Waals surface area contributed by atoms with Crippen molar-refractivity contribution in [3.8, 4) is 0 Å². The number of likely N-dealkylation sites (N-methyl/N-ethyl adjacent to an activating group) is 1. The Kier molecular flexibility index (Phi) is 7.87. The predicted octanol–water partition coefficient (Wildman–Crippen LogP) is 2.18. The normalized spacial score (nSPS) is 25.0. The number of nitrogens with zero attached hydrogens (tertiary/aromatic N) is 2. The van der Waals surface area contributed by atoms with Gasteiger partial charge in [-0.1, -0.05) is 13.8 Å². The van der Waals surface area contributed by atoms with Gasteiger partial charge in [0.05, 0.1) is 0 Å². The van der Waals surface area contributed by atoms with Gasteiger partial charge in [0.15, 0.2) is 0 Å². The minimum atomic E-state index is 0.714. The van der Waals surface area contributed by atoms with E-state index in [4.69, 9.17) is 0 Å². The molecule has 1 aliphatic rings. The Labute approximate surface area is 114 Å². The third-order valence-electron chi connectivity index (χ3n) is 4.15. The number of hydrogen-bond donors (Lipinski definition) is 1. The molecule has 108 valence electrons. The Morgan fingerprint density at radius 1 is 1.22 bits per heavy atom.